The molecule has 0 spiro atoms. The molecular weight excluding hydrogens is 198 g/mol. The topological polar surface area (TPSA) is 12.9 Å². The summed E-state index contributed by atoms with van der Waals surface area (Å²) in [6, 6.07) is 2.19. The number of hydrogen-bond acceptors (Lipinski definition) is 3. The lowest BCUT2D eigenvalue weighted by molar-refractivity contribution is 1.15. The second kappa shape index (κ2) is 3.60. The second-order valence-corrected chi connectivity index (χ2v) is 4.86. The van der Waals surface area contributed by atoms with Crippen LogP contribution < -0.4 is 0 Å². The highest BCUT2D eigenvalue weighted by Crippen LogP contribution is 2.32. The molecule has 0 bridgehead atoms. The maximum absolute atomic E-state index is 4.40. The van der Waals surface area contributed by atoms with Gasteiger partial charge in [0.15, 0.2) is 0 Å². The zero-order chi connectivity index (χ0) is 9.26. The van der Waals surface area contributed by atoms with Crippen LogP contribution in [0.2, 0.25) is 0 Å². The SMILES string of the molecule is CCc1ccsc1-c1ncsc1C. The predicted molar refractivity (Wildman–Crippen MR) is 59.5 cm³/mol. The molecule has 0 saturated heterocycles. The molecule has 0 aliphatic carbocycles. The van der Waals surface area contributed by atoms with Gasteiger partial charge in [0.1, 0.15) is 0 Å². The molecule has 68 valence electrons. The molecule has 2 aromatic rings. The smallest absolute Gasteiger partial charge is 0.0942 e. The van der Waals surface area contributed by atoms with E-state index in [-0.39, 0.29) is 0 Å². The normalized spacial score (nSPS) is 10.6. The van der Waals surface area contributed by atoms with E-state index < -0.39 is 0 Å². The van der Waals surface area contributed by atoms with Crippen LogP contribution in [0.5, 0.6) is 0 Å². The lowest BCUT2D eigenvalue weighted by Crippen LogP contribution is -1.81. The summed E-state index contributed by atoms with van der Waals surface area (Å²) in [5, 5.41) is 2.15. The minimum Gasteiger partial charge on any atom is -0.244 e. The van der Waals surface area contributed by atoms with E-state index in [9.17, 15) is 0 Å². The lowest BCUT2D eigenvalue weighted by Gasteiger charge is -1.97. The Bertz CT molecular complexity index is 400. The molecule has 0 saturated carbocycles. The summed E-state index contributed by atoms with van der Waals surface area (Å²) in [5.74, 6) is 0. The van der Waals surface area contributed by atoms with Crippen LogP contribution in [0.3, 0.4) is 0 Å². The molecule has 2 rings (SSSR count). The average molecular weight is 209 g/mol. The third kappa shape index (κ3) is 1.54. The number of thiazole rings is 1. The van der Waals surface area contributed by atoms with Crippen LogP contribution in [0.4, 0.5) is 0 Å². The summed E-state index contributed by atoms with van der Waals surface area (Å²) >= 11 is 3.51. The van der Waals surface area contributed by atoms with E-state index in [2.05, 4.69) is 30.3 Å². The molecule has 0 aliphatic rings. The van der Waals surface area contributed by atoms with E-state index in [1.54, 1.807) is 22.7 Å². The highest BCUT2D eigenvalue weighted by atomic mass is 32.1. The Morgan fingerprint density at radius 2 is 2.23 bits per heavy atom. The van der Waals surface area contributed by atoms with Gasteiger partial charge in [0.05, 0.1) is 16.1 Å². The molecule has 1 nitrogen and oxygen atoms in total. The van der Waals surface area contributed by atoms with E-state index in [4.69, 9.17) is 0 Å². The first-order chi connectivity index (χ1) is 6.33. The maximum atomic E-state index is 4.40. The molecule has 3 heteroatoms. The van der Waals surface area contributed by atoms with Crippen LogP contribution in [-0.2, 0) is 6.42 Å². The Morgan fingerprint density at radius 1 is 1.38 bits per heavy atom. The van der Waals surface area contributed by atoms with E-state index in [0.29, 0.717) is 0 Å². The van der Waals surface area contributed by atoms with Gasteiger partial charge in [-0.1, -0.05) is 6.92 Å². The van der Waals surface area contributed by atoms with Crippen molar-refractivity contribution in [2.24, 2.45) is 0 Å². The van der Waals surface area contributed by atoms with Crippen molar-refractivity contribution in [3.05, 3.63) is 27.4 Å². The number of aromatic nitrogens is 1. The quantitative estimate of drug-likeness (QED) is 0.734. The fourth-order valence-electron chi connectivity index (χ4n) is 1.35. The van der Waals surface area contributed by atoms with Crippen molar-refractivity contribution in [1.29, 1.82) is 0 Å². The molecule has 13 heavy (non-hydrogen) atoms. The number of hydrogen-bond donors (Lipinski definition) is 0. The number of rotatable bonds is 2. The minimum absolute atomic E-state index is 1.09. The average Bonchev–Trinajstić information content (AvgIpc) is 2.71. The Morgan fingerprint density at radius 3 is 2.85 bits per heavy atom. The van der Waals surface area contributed by atoms with Crippen LogP contribution in [-0.4, -0.2) is 4.98 Å². The van der Waals surface area contributed by atoms with Crippen LogP contribution in [0.15, 0.2) is 17.0 Å². The Kier molecular flexibility index (Phi) is 2.47. The van der Waals surface area contributed by atoms with Crippen molar-refractivity contribution >= 4 is 22.7 Å². The third-order valence-corrected chi connectivity index (χ3v) is 3.81. The van der Waals surface area contributed by atoms with Gasteiger partial charge in [-0.3, -0.25) is 0 Å². The van der Waals surface area contributed by atoms with Gasteiger partial charge >= 0.3 is 0 Å². The van der Waals surface area contributed by atoms with Crippen molar-refractivity contribution in [1.82, 2.24) is 4.98 Å². The summed E-state index contributed by atoms with van der Waals surface area (Å²) in [6.45, 7) is 4.32. The molecule has 0 radical (unpaired) electrons. The number of thiophene rings is 1. The van der Waals surface area contributed by atoms with Gasteiger partial charge < -0.3 is 0 Å². The van der Waals surface area contributed by atoms with Crippen molar-refractivity contribution in [2.75, 3.05) is 0 Å². The molecule has 0 aromatic carbocycles. The van der Waals surface area contributed by atoms with Crippen molar-refractivity contribution < 1.29 is 0 Å². The van der Waals surface area contributed by atoms with Crippen LogP contribution in [0.1, 0.15) is 17.4 Å². The summed E-state index contributed by atoms with van der Waals surface area (Å²) in [5.41, 5.74) is 4.51. The number of nitrogens with zero attached hydrogens (tertiary/aromatic N) is 1. The van der Waals surface area contributed by atoms with E-state index >= 15 is 0 Å². The highest BCUT2D eigenvalue weighted by Gasteiger charge is 2.09. The summed E-state index contributed by atoms with van der Waals surface area (Å²) < 4.78 is 0. The number of aryl methyl sites for hydroxylation is 2. The predicted octanol–water partition coefficient (Wildman–Crippen LogP) is 3.74. The first kappa shape index (κ1) is 8.91. The third-order valence-electron chi connectivity index (χ3n) is 2.09. The van der Waals surface area contributed by atoms with Crippen LogP contribution in [0, 0.1) is 6.92 Å². The van der Waals surface area contributed by atoms with Gasteiger partial charge in [-0.05, 0) is 30.4 Å². The fraction of sp³-hybridized carbons (Fsp3) is 0.300. The van der Waals surface area contributed by atoms with E-state index in [1.807, 2.05) is 5.51 Å². The lowest BCUT2D eigenvalue weighted by atomic mass is 10.1. The van der Waals surface area contributed by atoms with Crippen molar-refractivity contribution in [2.45, 2.75) is 20.3 Å². The molecule has 0 atom stereocenters. The zero-order valence-corrected chi connectivity index (χ0v) is 9.34. The first-order valence-corrected chi connectivity index (χ1v) is 6.05. The standard InChI is InChI=1S/C10H11NS2/c1-3-8-4-5-12-10(8)9-7(2)13-6-11-9/h4-6H,3H2,1-2H3. The monoisotopic (exact) mass is 209 g/mol. The Labute approximate surface area is 86.1 Å². The largest absolute Gasteiger partial charge is 0.244 e. The van der Waals surface area contributed by atoms with Gasteiger partial charge in [-0.15, -0.1) is 22.7 Å². The Balaban J connectivity index is 2.52. The highest BCUT2D eigenvalue weighted by molar-refractivity contribution is 7.14. The Hall–Kier alpha value is -0.670. The minimum atomic E-state index is 1.09. The molecule has 0 N–H and O–H groups in total. The van der Waals surface area contributed by atoms with Gasteiger partial charge in [0.2, 0.25) is 0 Å². The fourth-order valence-corrected chi connectivity index (χ4v) is 3.04. The van der Waals surface area contributed by atoms with Crippen LogP contribution >= 0.6 is 22.7 Å². The summed E-state index contributed by atoms with van der Waals surface area (Å²) in [6.07, 6.45) is 1.09. The van der Waals surface area contributed by atoms with Crippen molar-refractivity contribution in [3.63, 3.8) is 0 Å². The molecule has 0 aliphatic heterocycles. The van der Waals surface area contributed by atoms with Gasteiger partial charge in [-0.2, -0.15) is 0 Å². The van der Waals surface area contributed by atoms with Gasteiger partial charge in [-0.25, -0.2) is 4.98 Å². The van der Waals surface area contributed by atoms with Crippen LogP contribution in [0.25, 0.3) is 10.6 Å². The first-order valence-electron chi connectivity index (χ1n) is 4.29. The molecule has 0 amide bonds. The maximum Gasteiger partial charge on any atom is 0.0942 e. The van der Waals surface area contributed by atoms with E-state index in [0.717, 1.165) is 6.42 Å². The second-order valence-electron chi connectivity index (χ2n) is 2.89. The summed E-state index contributed by atoms with van der Waals surface area (Å²) in [7, 11) is 0. The van der Waals surface area contributed by atoms with Gasteiger partial charge in [0, 0.05) is 4.88 Å². The zero-order valence-electron chi connectivity index (χ0n) is 7.70. The molecule has 2 heterocycles. The molecule has 0 unspecified atom stereocenters. The molecule has 0 fully saturated rings. The van der Waals surface area contributed by atoms with Gasteiger partial charge in [0.25, 0.3) is 0 Å². The molecular formula is C10H11NS2. The molecule has 2 aromatic heterocycles. The van der Waals surface area contributed by atoms with Crippen molar-refractivity contribution in [3.8, 4) is 10.6 Å². The summed E-state index contributed by atoms with van der Waals surface area (Å²) in [4.78, 5) is 7.06. The van der Waals surface area contributed by atoms with E-state index in [1.165, 1.54) is 21.0 Å².